The van der Waals surface area contributed by atoms with E-state index in [0.29, 0.717) is 12.0 Å². The van der Waals surface area contributed by atoms with E-state index in [9.17, 15) is 9.59 Å². The highest BCUT2D eigenvalue weighted by molar-refractivity contribution is 5.95. The first-order chi connectivity index (χ1) is 16.4. The summed E-state index contributed by atoms with van der Waals surface area (Å²) in [5.74, 6) is 0.245. The zero-order chi connectivity index (χ0) is 23.4. The largest absolute Gasteiger partial charge is 0.369 e. The second kappa shape index (κ2) is 7.68. The summed E-state index contributed by atoms with van der Waals surface area (Å²) >= 11 is 0. The Morgan fingerprint density at radius 2 is 1.79 bits per heavy atom. The minimum atomic E-state index is 0.0661. The number of amides is 2. The lowest BCUT2D eigenvalue weighted by Crippen LogP contribution is -2.73. The van der Waals surface area contributed by atoms with Crippen LogP contribution in [0.15, 0.2) is 49.1 Å². The van der Waals surface area contributed by atoms with Crippen molar-refractivity contribution in [3.05, 3.63) is 60.2 Å². The summed E-state index contributed by atoms with van der Waals surface area (Å²) in [6, 6.07) is 8.54. The maximum atomic E-state index is 12.6. The van der Waals surface area contributed by atoms with Crippen molar-refractivity contribution in [2.75, 3.05) is 43.0 Å². The van der Waals surface area contributed by atoms with Crippen LogP contribution < -0.4 is 9.80 Å². The summed E-state index contributed by atoms with van der Waals surface area (Å²) in [6.07, 6.45) is 9.63. The maximum Gasteiger partial charge on any atom is 0.257 e. The van der Waals surface area contributed by atoms with Crippen LogP contribution in [0.1, 0.15) is 28.8 Å². The number of carbonyl (C=O) groups excluding carboxylic acids is 2. The van der Waals surface area contributed by atoms with Gasteiger partial charge in [0.25, 0.3) is 5.91 Å². The van der Waals surface area contributed by atoms with Crippen molar-refractivity contribution in [2.24, 2.45) is 12.5 Å². The van der Waals surface area contributed by atoms with Crippen molar-refractivity contribution in [1.29, 1.82) is 0 Å². The lowest BCUT2D eigenvalue weighted by atomic mass is 9.72. The molecule has 3 aromatic rings. The molecule has 6 rings (SSSR count). The Labute approximate surface area is 198 Å². The fraction of sp³-hybridized carbons (Fsp3) is 0.385. The minimum absolute atomic E-state index is 0.0661. The Morgan fingerprint density at radius 3 is 2.56 bits per heavy atom. The number of benzene rings is 1. The molecule has 8 heteroatoms. The Bertz CT molecular complexity index is 1280. The molecule has 0 radical (unpaired) electrons. The van der Waals surface area contributed by atoms with Crippen molar-refractivity contribution in [2.45, 2.75) is 19.3 Å². The van der Waals surface area contributed by atoms with Crippen molar-refractivity contribution < 1.29 is 9.59 Å². The second-order valence-electron chi connectivity index (χ2n) is 10.0. The van der Waals surface area contributed by atoms with Crippen LogP contribution in [0, 0.1) is 5.41 Å². The molecule has 0 atom stereocenters. The number of carbonyl (C=O) groups is 2. The van der Waals surface area contributed by atoms with Crippen LogP contribution in [0.4, 0.5) is 11.4 Å². The van der Waals surface area contributed by atoms with Crippen molar-refractivity contribution >= 4 is 23.2 Å². The molecule has 34 heavy (non-hydrogen) atoms. The number of anilines is 2. The summed E-state index contributed by atoms with van der Waals surface area (Å²) < 4.78 is 1.66. The van der Waals surface area contributed by atoms with Gasteiger partial charge in [-0.25, -0.2) is 0 Å². The van der Waals surface area contributed by atoms with E-state index < -0.39 is 0 Å². The standard InChI is InChI=1S/C26H28N6O2/c1-29-13-21(11-28-29)25(34)32-16-26(17-32)14-31(15-26)22-9-20(10-27-12-22)18-6-7-23-19(8-18)4-3-5-24(33)30(23)2/h6-13H,3-5,14-17H2,1-2H3. The number of pyridine rings is 1. The maximum absolute atomic E-state index is 12.6. The number of fused-ring (bicyclic) bond motifs is 1. The summed E-state index contributed by atoms with van der Waals surface area (Å²) in [4.78, 5) is 35.4. The molecule has 0 bridgehead atoms. The van der Waals surface area contributed by atoms with Gasteiger partial charge in [-0.05, 0) is 42.2 Å². The number of likely N-dealkylation sites (tertiary alicyclic amines) is 1. The van der Waals surface area contributed by atoms with Gasteiger partial charge in [0.1, 0.15) is 0 Å². The average Bonchev–Trinajstić information content (AvgIpc) is 3.17. The molecule has 1 spiro atoms. The van der Waals surface area contributed by atoms with Gasteiger partial charge in [0.2, 0.25) is 5.91 Å². The highest BCUT2D eigenvalue weighted by atomic mass is 16.2. The number of rotatable bonds is 3. The van der Waals surface area contributed by atoms with E-state index in [1.807, 2.05) is 31.4 Å². The quantitative estimate of drug-likeness (QED) is 0.606. The fourth-order valence-electron chi connectivity index (χ4n) is 5.55. The Morgan fingerprint density at radius 1 is 0.971 bits per heavy atom. The van der Waals surface area contributed by atoms with Crippen molar-refractivity contribution in [1.82, 2.24) is 19.7 Å². The number of hydrogen-bond acceptors (Lipinski definition) is 5. The molecular weight excluding hydrogens is 428 g/mol. The lowest BCUT2D eigenvalue weighted by molar-refractivity contribution is -0.118. The summed E-state index contributed by atoms with van der Waals surface area (Å²) in [7, 11) is 3.69. The van der Waals surface area contributed by atoms with Crippen molar-refractivity contribution in [3.8, 4) is 11.1 Å². The molecule has 1 aromatic carbocycles. The fourth-order valence-corrected chi connectivity index (χ4v) is 5.55. The molecule has 2 saturated heterocycles. The number of aromatic nitrogens is 3. The van der Waals surface area contributed by atoms with E-state index in [0.717, 1.165) is 61.5 Å². The highest BCUT2D eigenvalue weighted by Gasteiger charge is 2.53. The van der Waals surface area contributed by atoms with E-state index in [1.54, 1.807) is 22.0 Å². The van der Waals surface area contributed by atoms with Gasteiger partial charge in [-0.2, -0.15) is 5.10 Å². The van der Waals surface area contributed by atoms with Gasteiger partial charge >= 0.3 is 0 Å². The number of hydrogen-bond donors (Lipinski definition) is 0. The molecule has 8 nitrogen and oxygen atoms in total. The van der Waals surface area contributed by atoms with Gasteiger partial charge in [0.05, 0.1) is 23.6 Å². The first kappa shape index (κ1) is 20.9. The third-order valence-electron chi connectivity index (χ3n) is 7.42. The lowest BCUT2D eigenvalue weighted by Gasteiger charge is -2.60. The predicted octanol–water partition coefficient (Wildman–Crippen LogP) is 2.74. The van der Waals surface area contributed by atoms with Gasteiger partial charge in [0.15, 0.2) is 0 Å². The molecule has 3 aliphatic heterocycles. The van der Waals surface area contributed by atoms with Gasteiger partial charge in [-0.1, -0.05) is 6.07 Å². The second-order valence-corrected chi connectivity index (χ2v) is 10.0. The molecule has 0 saturated carbocycles. The Balaban J connectivity index is 1.13. The van der Waals surface area contributed by atoms with Gasteiger partial charge in [-0.3, -0.25) is 19.3 Å². The van der Waals surface area contributed by atoms with E-state index in [4.69, 9.17) is 0 Å². The predicted molar refractivity (Wildman–Crippen MR) is 130 cm³/mol. The van der Waals surface area contributed by atoms with Crippen LogP contribution in [0.2, 0.25) is 0 Å². The average molecular weight is 457 g/mol. The van der Waals surface area contributed by atoms with Crippen molar-refractivity contribution in [3.63, 3.8) is 0 Å². The highest BCUT2D eigenvalue weighted by Crippen LogP contribution is 2.43. The van der Waals surface area contributed by atoms with Gasteiger partial charge in [0, 0.05) is 75.8 Å². The molecular formula is C26H28N6O2. The number of nitrogens with zero attached hydrogens (tertiary/aromatic N) is 6. The minimum Gasteiger partial charge on any atom is -0.369 e. The summed E-state index contributed by atoms with van der Waals surface area (Å²) in [6.45, 7) is 3.46. The van der Waals surface area contributed by atoms with Gasteiger partial charge in [-0.15, -0.1) is 0 Å². The van der Waals surface area contributed by atoms with Crippen LogP contribution in [0.25, 0.3) is 11.1 Å². The number of aryl methyl sites for hydroxylation is 2. The van der Waals surface area contributed by atoms with Crippen LogP contribution in [0.5, 0.6) is 0 Å². The molecule has 0 unspecified atom stereocenters. The molecule has 174 valence electrons. The molecule has 2 fully saturated rings. The molecule has 2 aromatic heterocycles. The zero-order valence-corrected chi connectivity index (χ0v) is 19.6. The van der Waals surface area contributed by atoms with Crippen LogP contribution >= 0.6 is 0 Å². The molecule has 0 N–H and O–H groups in total. The zero-order valence-electron chi connectivity index (χ0n) is 19.6. The third-order valence-corrected chi connectivity index (χ3v) is 7.42. The SMILES string of the molecule is CN1C(=O)CCCc2cc(-c3cncc(N4CC5(CN(C(=O)c6cnn(C)c6)C5)C4)c3)ccc21. The van der Waals surface area contributed by atoms with E-state index in [-0.39, 0.29) is 17.2 Å². The molecule has 3 aliphatic rings. The Kier molecular flexibility index (Phi) is 4.72. The monoisotopic (exact) mass is 456 g/mol. The molecule has 0 aliphatic carbocycles. The third kappa shape index (κ3) is 3.45. The normalized spacial score (nSPS) is 18.9. The van der Waals surface area contributed by atoms with E-state index in [1.165, 1.54) is 5.56 Å². The van der Waals surface area contributed by atoms with Crippen LogP contribution in [-0.4, -0.2) is 64.7 Å². The first-order valence-corrected chi connectivity index (χ1v) is 11.8. The molecule has 5 heterocycles. The summed E-state index contributed by atoms with van der Waals surface area (Å²) in [5, 5.41) is 4.11. The van der Waals surface area contributed by atoms with E-state index in [2.05, 4.69) is 39.2 Å². The van der Waals surface area contributed by atoms with E-state index >= 15 is 0 Å². The summed E-state index contributed by atoms with van der Waals surface area (Å²) in [5.41, 5.74) is 6.39. The van der Waals surface area contributed by atoms with Crippen LogP contribution in [0.3, 0.4) is 0 Å². The van der Waals surface area contributed by atoms with Crippen LogP contribution in [-0.2, 0) is 18.3 Å². The topological polar surface area (TPSA) is 74.6 Å². The molecule has 2 amide bonds. The Hall–Kier alpha value is -3.68. The smallest absolute Gasteiger partial charge is 0.257 e. The van der Waals surface area contributed by atoms with Gasteiger partial charge < -0.3 is 14.7 Å². The first-order valence-electron chi connectivity index (χ1n) is 11.8.